The van der Waals surface area contributed by atoms with Gasteiger partial charge in [-0.25, -0.2) is 0 Å². The summed E-state index contributed by atoms with van der Waals surface area (Å²) in [6, 6.07) is 8.31. The molecular weight excluding hydrogens is 172 g/mol. The number of rotatable bonds is 5. The van der Waals surface area contributed by atoms with Gasteiger partial charge in [0.1, 0.15) is 0 Å². The molecule has 0 aromatic heterocycles. The molecule has 0 saturated carbocycles. The molecule has 1 atom stereocenters. The van der Waals surface area contributed by atoms with Crippen LogP contribution in [0.1, 0.15) is 24.0 Å². The average molecular weight is 190 g/mol. The number of hydrogen-bond acceptors (Lipinski definition) is 1. The van der Waals surface area contributed by atoms with E-state index in [9.17, 15) is 5.11 Å². The summed E-state index contributed by atoms with van der Waals surface area (Å²) in [6.45, 7) is 5.71. The lowest BCUT2D eigenvalue weighted by Crippen LogP contribution is -2.09. The second-order valence-corrected chi connectivity index (χ2v) is 3.71. The van der Waals surface area contributed by atoms with E-state index in [0.29, 0.717) is 0 Å². The highest BCUT2D eigenvalue weighted by atomic mass is 16.3. The topological polar surface area (TPSA) is 20.2 Å². The average Bonchev–Trinajstić information content (AvgIpc) is 2.18. The van der Waals surface area contributed by atoms with E-state index >= 15 is 0 Å². The summed E-state index contributed by atoms with van der Waals surface area (Å²) in [4.78, 5) is 0. The number of aryl methyl sites for hydroxylation is 1. The summed E-state index contributed by atoms with van der Waals surface area (Å²) in [5, 5.41) is 9.66. The summed E-state index contributed by atoms with van der Waals surface area (Å²) >= 11 is 0. The zero-order valence-electron chi connectivity index (χ0n) is 8.74. The van der Waals surface area contributed by atoms with E-state index in [1.54, 1.807) is 0 Å². The summed E-state index contributed by atoms with van der Waals surface area (Å²) in [5.41, 5.74) is 2.46. The van der Waals surface area contributed by atoms with Crippen LogP contribution in [0, 0.1) is 6.92 Å². The van der Waals surface area contributed by atoms with Crippen molar-refractivity contribution in [3.8, 4) is 0 Å². The Hall–Kier alpha value is -1.08. The zero-order valence-corrected chi connectivity index (χ0v) is 8.74. The predicted octanol–water partition coefficient (Wildman–Crippen LogP) is 2.86. The van der Waals surface area contributed by atoms with Gasteiger partial charge in [-0.2, -0.15) is 0 Å². The van der Waals surface area contributed by atoms with Crippen molar-refractivity contribution in [2.45, 2.75) is 32.3 Å². The Morgan fingerprint density at radius 1 is 1.36 bits per heavy atom. The van der Waals surface area contributed by atoms with Gasteiger partial charge in [-0.3, -0.25) is 0 Å². The molecule has 1 nitrogen and oxygen atoms in total. The van der Waals surface area contributed by atoms with E-state index in [1.807, 2.05) is 6.08 Å². The fourth-order valence-electron chi connectivity index (χ4n) is 1.41. The van der Waals surface area contributed by atoms with Crippen molar-refractivity contribution in [1.82, 2.24) is 0 Å². The maximum Gasteiger partial charge on any atom is 0.0583 e. The number of hydrogen-bond donors (Lipinski definition) is 1. The molecule has 0 aliphatic heterocycles. The lowest BCUT2D eigenvalue weighted by molar-refractivity contribution is 0.166. The Labute approximate surface area is 86.1 Å². The van der Waals surface area contributed by atoms with Crippen LogP contribution in [0.25, 0.3) is 0 Å². The number of aliphatic hydroxyl groups is 1. The standard InChI is InChI=1S/C13H18O/c1-3-4-5-13(14)10-12-8-6-11(2)7-9-12/h3,6-9,13-14H,1,4-5,10H2,2H3. The third kappa shape index (κ3) is 3.75. The Bertz CT molecular complexity index is 274. The van der Waals surface area contributed by atoms with Gasteiger partial charge in [0, 0.05) is 0 Å². The van der Waals surface area contributed by atoms with Crippen LogP contribution in [0.4, 0.5) is 0 Å². The Morgan fingerprint density at radius 2 is 2.00 bits per heavy atom. The third-order valence-corrected chi connectivity index (χ3v) is 2.30. The van der Waals surface area contributed by atoms with Crippen LogP contribution >= 0.6 is 0 Å². The van der Waals surface area contributed by atoms with Gasteiger partial charge < -0.3 is 5.11 Å². The molecule has 76 valence electrons. The number of aliphatic hydroxyl groups excluding tert-OH is 1. The lowest BCUT2D eigenvalue weighted by atomic mass is 10.0. The molecule has 1 aromatic carbocycles. The molecule has 0 amide bonds. The third-order valence-electron chi connectivity index (χ3n) is 2.30. The van der Waals surface area contributed by atoms with E-state index in [-0.39, 0.29) is 6.10 Å². The first kappa shape index (κ1) is 11.0. The highest BCUT2D eigenvalue weighted by Crippen LogP contribution is 2.09. The normalized spacial score (nSPS) is 12.4. The first-order valence-electron chi connectivity index (χ1n) is 5.07. The molecular formula is C13H18O. The van der Waals surface area contributed by atoms with E-state index in [4.69, 9.17) is 0 Å². The van der Waals surface area contributed by atoms with Crippen molar-refractivity contribution in [1.29, 1.82) is 0 Å². The molecule has 1 rings (SSSR count). The lowest BCUT2D eigenvalue weighted by Gasteiger charge is -2.09. The SMILES string of the molecule is C=CCCC(O)Cc1ccc(C)cc1. The van der Waals surface area contributed by atoms with Gasteiger partial charge in [0.05, 0.1) is 6.10 Å². The molecule has 0 radical (unpaired) electrons. The second kappa shape index (κ2) is 5.61. The Morgan fingerprint density at radius 3 is 2.57 bits per heavy atom. The van der Waals surface area contributed by atoms with Crippen LogP contribution in [-0.4, -0.2) is 11.2 Å². The Kier molecular flexibility index (Phi) is 4.41. The Balaban J connectivity index is 2.43. The van der Waals surface area contributed by atoms with Crippen molar-refractivity contribution in [3.63, 3.8) is 0 Å². The minimum absolute atomic E-state index is 0.240. The summed E-state index contributed by atoms with van der Waals surface area (Å²) in [5.74, 6) is 0. The van der Waals surface area contributed by atoms with Gasteiger partial charge in [0.15, 0.2) is 0 Å². The summed E-state index contributed by atoms with van der Waals surface area (Å²) in [6.07, 6.45) is 4.03. The zero-order chi connectivity index (χ0) is 10.4. The maximum atomic E-state index is 9.66. The van der Waals surface area contributed by atoms with Gasteiger partial charge in [-0.05, 0) is 31.7 Å². The fraction of sp³-hybridized carbons (Fsp3) is 0.385. The van der Waals surface area contributed by atoms with Gasteiger partial charge in [0.2, 0.25) is 0 Å². The fourth-order valence-corrected chi connectivity index (χ4v) is 1.41. The molecule has 1 N–H and O–H groups in total. The minimum atomic E-state index is -0.240. The smallest absolute Gasteiger partial charge is 0.0583 e. The van der Waals surface area contributed by atoms with E-state index in [1.165, 1.54) is 11.1 Å². The van der Waals surface area contributed by atoms with E-state index in [2.05, 4.69) is 37.8 Å². The molecule has 0 aliphatic carbocycles. The van der Waals surface area contributed by atoms with Crippen LogP contribution < -0.4 is 0 Å². The van der Waals surface area contributed by atoms with Crippen LogP contribution in [0.2, 0.25) is 0 Å². The van der Waals surface area contributed by atoms with Crippen molar-refractivity contribution >= 4 is 0 Å². The largest absolute Gasteiger partial charge is 0.393 e. The van der Waals surface area contributed by atoms with Crippen LogP contribution in [0.15, 0.2) is 36.9 Å². The highest BCUT2D eigenvalue weighted by molar-refractivity contribution is 5.21. The van der Waals surface area contributed by atoms with Crippen molar-refractivity contribution in [2.24, 2.45) is 0 Å². The number of allylic oxidation sites excluding steroid dienone is 1. The molecule has 14 heavy (non-hydrogen) atoms. The first-order chi connectivity index (χ1) is 6.72. The van der Waals surface area contributed by atoms with Gasteiger partial charge in [-0.1, -0.05) is 35.9 Å². The molecule has 1 aromatic rings. The predicted molar refractivity (Wildman–Crippen MR) is 60.3 cm³/mol. The van der Waals surface area contributed by atoms with Crippen LogP contribution in [0.3, 0.4) is 0 Å². The second-order valence-electron chi connectivity index (χ2n) is 3.71. The maximum absolute atomic E-state index is 9.66. The van der Waals surface area contributed by atoms with Gasteiger partial charge in [0.25, 0.3) is 0 Å². The molecule has 0 bridgehead atoms. The van der Waals surface area contributed by atoms with Crippen LogP contribution in [-0.2, 0) is 6.42 Å². The molecule has 0 fully saturated rings. The van der Waals surface area contributed by atoms with Gasteiger partial charge >= 0.3 is 0 Å². The summed E-state index contributed by atoms with van der Waals surface area (Å²) in [7, 11) is 0. The van der Waals surface area contributed by atoms with Crippen LogP contribution in [0.5, 0.6) is 0 Å². The minimum Gasteiger partial charge on any atom is -0.393 e. The molecule has 0 heterocycles. The molecule has 1 unspecified atom stereocenters. The van der Waals surface area contributed by atoms with Crippen molar-refractivity contribution < 1.29 is 5.11 Å². The van der Waals surface area contributed by atoms with Crippen molar-refractivity contribution in [2.75, 3.05) is 0 Å². The molecule has 0 aliphatic rings. The molecule has 0 saturated heterocycles. The van der Waals surface area contributed by atoms with Gasteiger partial charge in [-0.15, -0.1) is 6.58 Å². The molecule has 1 heteroatoms. The summed E-state index contributed by atoms with van der Waals surface area (Å²) < 4.78 is 0. The quantitative estimate of drug-likeness (QED) is 0.708. The first-order valence-corrected chi connectivity index (χ1v) is 5.07. The van der Waals surface area contributed by atoms with Crippen molar-refractivity contribution in [3.05, 3.63) is 48.0 Å². The van der Waals surface area contributed by atoms with E-state index in [0.717, 1.165) is 19.3 Å². The molecule has 0 spiro atoms. The van der Waals surface area contributed by atoms with E-state index < -0.39 is 0 Å². The highest BCUT2D eigenvalue weighted by Gasteiger charge is 2.03. The number of benzene rings is 1. The monoisotopic (exact) mass is 190 g/mol.